The number of aromatic nitrogens is 3. The van der Waals surface area contributed by atoms with E-state index in [4.69, 9.17) is 0 Å². The monoisotopic (exact) mass is 392 g/mol. The highest BCUT2D eigenvalue weighted by Gasteiger charge is 2.06. The number of fused-ring (bicyclic) bond motifs is 2. The first kappa shape index (κ1) is 19.0. The topological polar surface area (TPSA) is 69.5 Å². The number of hydrogen-bond acceptors (Lipinski definition) is 2. The Labute approximate surface area is 168 Å². The zero-order chi connectivity index (χ0) is 20.2. The average Bonchev–Trinajstić information content (AvgIpc) is 3.30. The van der Waals surface area contributed by atoms with E-state index in [1.54, 1.807) is 0 Å². The summed E-state index contributed by atoms with van der Waals surface area (Å²) in [5.41, 5.74) is 4.98. The molecule has 4 aromatic rings. The molecule has 6 nitrogen and oxygen atoms in total. The Balaban J connectivity index is 1.40. The second-order valence-electron chi connectivity index (χ2n) is 7.00. The van der Waals surface area contributed by atoms with Crippen molar-refractivity contribution in [2.45, 2.75) is 26.8 Å². The molecule has 0 spiro atoms. The molecule has 0 saturated heterocycles. The smallest absolute Gasteiger partial charge is 0.191 e. The van der Waals surface area contributed by atoms with Gasteiger partial charge in [-0.2, -0.15) is 0 Å². The minimum atomic E-state index is -0.229. The normalized spacial score (nSPS) is 12.0. The van der Waals surface area contributed by atoms with E-state index in [9.17, 15) is 4.39 Å². The zero-order valence-electron chi connectivity index (χ0n) is 16.7. The third-order valence-electron chi connectivity index (χ3n) is 4.91. The molecule has 1 aromatic carbocycles. The third kappa shape index (κ3) is 4.23. The summed E-state index contributed by atoms with van der Waals surface area (Å²) in [6.45, 7) is 6.11. The van der Waals surface area contributed by atoms with Gasteiger partial charge in [-0.25, -0.2) is 14.4 Å². The van der Waals surface area contributed by atoms with Gasteiger partial charge in [0, 0.05) is 42.1 Å². The van der Waals surface area contributed by atoms with Crippen LogP contribution in [0.25, 0.3) is 16.6 Å². The minimum Gasteiger partial charge on any atom is -0.361 e. The number of nitrogens with one attached hydrogen (secondary N) is 3. The summed E-state index contributed by atoms with van der Waals surface area (Å²) in [6, 6.07) is 10.9. The van der Waals surface area contributed by atoms with Gasteiger partial charge in [0.1, 0.15) is 11.5 Å². The van der Waals surface area contributed by atoms with E-state index in [1.165, 1.54) is 12.1 Å². The van der Waals surface area contributed by atoms with E-state index in [0.29, 0.717) is 6.54 Å². The van der Waals surface area contributed by atoms with Gasteiger partial charge in [-0.1, -0.05) is 6.07 Å². The summed E-state index contributed by atoms with van der Waals surface area (Å²) in [6.07, 6.45) is 4.78. The predicted octanol–water partition coefficient (Wildman–Crippen LogP) is 3.56. The summed E-state index contributed by atoms with van der Waals surface area (Å²) < 4.78 is 15.4. The fraction of sp³-hybridized carbons (Fsp3) is 0.273. The molecule has 0 aliphatic carbocycles. The molecule has 0 amide bonds. The lowest BCUT2D eigenvalue weighted by atomic mass is 10.1. The first-order valence-corrected chi connectivity index (χ1v) is 9.85. The largest absolute Gasteiger partial charge is 0.361 e. The number of H-pyrrole nitrogens is 1. The van der Waals surface area contributed by atoms with Gasteiger partial charge in [-0.05, 0) is 56.2 Å². The maximum absolute atomic E-state index is 13.3. The summed E-state index contributed by atoms with van der Waals surface area (Å²) in [5, 5.41) is 7.69. The Bertz CT molecular complexity index is 1160. The molecule has 4 rings (SSSR count). The summed E-state index contributed by atoms with van der Waals surface area (Å²) >= 11 is 0. The number of pyridine rings is 1. The molecular weight excluding hydrogens is 367 g/mol. The first-order chi connectivity index (χ1) is 14.1. The molecule has 0 saturated carbocycles. The van der Waals surface area contributed by atoms with E-state index in [-0.39, 0.29) is 5.82 Å². The van der Waals surface area contributed by atoms with Crippen molar-refractivity contribution in [1.82, 2.24) is 25.0 Å². The molecule has 0 aliphatic rings. The SMILES string of the molecule is CCNC(=NCc1cn2c(C)cccc2n1)NCCc1c[nH]c2cc(F)ccc12. The van der Waals surface area contributed by atoms with E-state index in [0.717, 1.165) is 59.0 Å². The van der Waals surface area contributed by atoms with Crippen molar-refractivity contribution in [3.05, 3.63) is 71.6 Å². The van der Waals surface area contributed by atoms with Crippen LogP contribution in [-0.4, -0.2) is 33.4 Å². The van der Waals surface area contributed by atoms with Crippen LogP contribution in [0, 0.1) is 12.7 Å². The number of nitrogens with zero attached hydrogens (tertiary/aromatic N) is 3. The van der Waals surface area contributed by atoms with Gasteiger partial charge >= 0.3 is 0 Å². The van der Waals surface area contributed by atoms with Crippen LogP contribution in [0.1, 0.15) is 23.9 Å². The summed E-state index contributed by atoms with van der Waals surface area (Å²) in [4.78, 5) is 12.4. The van der Waals surface area contributed by atoms with Crippen LogP contribution >= 0.6 is 0 Å². The maximum atomic E-state index is 13.3. The quantitative estimate of drug-likeness (QED) is 0.347. The van der Waals surface area contributed by atoms with Gasteiger partial charge in [0.2, 0.25) is 0 Å². The van der Waals surface area contributed by atoms with Gasteiger partial charge in [0.05, 0.1) is 12.2 Å². The van der Waals surface area contributed by atoms with Crippen LogP contribution in [0.15, 0.2) is 53.8 Å². The number of rotatable bonds is 6. The summed E-state index contributed by atoms with van der Waals surface area (Å²) in [7, 11) is 0. The predicted molar refractivity (Wildman–Crippen MR) is 115 cm³/mol. The van der Waals surface area contributed by atoms with Gasteiger partial charge in [-0.3, -0.25) is 0 Å². The Hall–Kier alpha value is -3.35. The number of aryl methyl sites for hydroxylation is 1. The highest BCUT2D eigenvalue weighted by atomic mass is 19.1. The lowest BCUT2D eigenvalue weighted by Crippen LogP contribution is -2.38. The number of guanidine groups is 1. The van der Waals surface area contributed by atoms with Crippen molar-refractivity contribution in [2.24, 2.45) is 4.99 Å². The van der Waals surface area contributed by atoms with Crippen molar-refractivity contribution in [1.29, 1.82) is 0 Å². The lowest BCUT2D eigenvalue weighted by Gasteiger charge is -2.10. The molecule has 3 aromatic heterocycles. The van der Waals surface area contributed by atoms with E-state index in [2.05, 4.69) is 43.0 Å². The van der Waals surface area contributed by atoms with E-state index < -0.39 is 0 Å². The number of imidazole rings is 1. The lowest BCUT2D eigenvalue weighted by molar-refractivity contribution is 0.629. The Morgan fingerprint density at radius 3 is 2.97 bits per heavy atom. The van der Waals surface area contributed by atoms with Crippen molar-refractivity contribution >= 4 is 22.5 Å². The number of aromatic amines is 1. The number of aliphatic imine (C=N–C) groups is 1. The highest BCUT2D eigenvalue weighted by Crippen LogP contribution is 2.19. The molecule has 0 atom stereocenters. The highest BCUT2D eigenvalue weighted by molar-refractivity contribution is 5.83. The Morgan fingerprint density at radius 2 is 2.14 bits per heavy atom. The number of halogens is 1. The van der Waals surface area contributed by atoms with Crippen LogP contribution in [0.4, 0.5) is 4.39 Å². The van der Waals surface area contributed by atoms with Gasteiger partial charge in [0.15, 0.2) is 5.96 Å². The first-order valence-electron chi connectivity index (χ1n) is 9.85. The molecule has 150 valence electrons. The van der Waals surface area contributed by atoms with Crippen molar-refractivity contribution in [2.75, 3.05) is 13.1 Å². The van der Waals surface area contributed by atoms with Crippen molar-refractivity contribution in [3.8, 4) is 0 Å². The van der Waals surface area contributed by atoms with Gasteiger partial charge in [0.25, 0.3) is 0 Å². The van der Waals surface area contributed by atoms with Crippen LogP contribution in [0.5, 0.6) is 0 Å². The van der Waals surface area contributed by atoms with E-state index >= 15 is 0 Å². The summed E-state index contributed by atoms with van der Waals surface area (Å²) in [5.74, 6) is 0.528. The third-order valence-corrected chi connectivity index (χ3v) is 4.91. The van der Waals surface area contributed by atoms with Gasteiger partial charge in [-0.15, -0.1) is 0 Å². The molecule has 0 bridgehead atoms. The standard InChI is InChI=1S/C22H25FN6/c1-3-24-22(27-13-18-14-29-15(2)5-4-6-21(29)28-18)25-10-9-16-12-26-20-11-17(23)7-8-19(16)20/h4-8,11-12,14,26H,3,9-10,13H2,1-2H3,(H2,24,25,27). The molecular formula is C22H25FN6. The average molecular weight is 392 g/mol. The maximum Gasteiger partial charge on any atom is 0.191 e. The van der Waals surface area contributed by atoms with Crippen LogP contribution in [0.2, 0.25) is 0 Å². The fourth-order valence-corrected chi connectivity index (χ4v) is 3.46. The minimum absolute atomic E-state index is 0.229. The second-order valence-corrected chi connectivity index (χ2v) is 7.00. The molecule has 0 fully saturated rings. The van der Waals surface area contributed by atoms with E-state index in [1.807, 2.05) is 37.5 Å². The molecule has 0 radical (unpaired) electrons. The Morgan fingerprint density at radius 1 is 1.24 bits per heavy atom. The number of benzene rings is 1. The van der Waals surface area contributed by atoms with Crippen LogP contribution in [-0.2, 0) is 13.0 Å². The molecule has 7 heteroatoms. The van der Waals surface area contributed by atoms with Crippen molar-refractivity contribution < 1.29 is 4.39 Å². The van der Waals surface area contributed by atoms with Crippen molar-refractivity contribution in [3.63, 3.8) is 0 Å². The molecule has 0 unspecified atom stereocenters. The van der Waals surface area contributed by atoms with Crippen LogP contribution in [0.3, 0.4) is 0 Å². The molecule has 3 N–H and O–H groups in total. The van der Waals surface area contributed by atoms with Gasteiger partial charge < -0.3 is 20.0 Å². The fourth-order valence-electron chi connectivity index (χ4n) is 3.46. The number of hydrogen-bond donors (Lipinski definition) is 3. The molecule has 29 heavy (non-hydrogen) atoms. The molecule has 3 heterocycles. The second kappa shape index (κ2) is 8.34. The zero-order valence-corrected chi connectivity index (χ0v) is 16.7. The molecule has 0 aliphatic heterocycles. The Kier molecular flexibility index (Phi) is 5.46. The van der Waals surface area contributed by atoms with Crippen LogP contribution < -0.4 is 10.6 Å².